The van der Waals surface area contributed by atoms with Gasteiger partial charge in [0, 0.05) is 11.4 Å². The van der Waals surface area contributed by atoms with Gasteiger partial charge in [-0.1, -0.05) is 17.7 Å². The number of esters is 1. The zero-order chi connectivity index (χ0) is 23.9. The number of nitrogens with one attached hydrogen (secondary N) is 3. The Morgan fingerprint density at radius 2 is 1.56 bits per heavy atom. The quantitative estimate of drug-likeness (QED) is 0.599. The van der Waals surface area contributed by atoms with E-state index in [9.17, 15) is 19.2 Å². The SMILES string of the molecule is Cc1ccc(NC(=O)NC(=O)COC(=O)c2ccc(NC(=O)OC(C)(C)C)cc2)c(C)c1. The molecule has 0 saturated carbocycles. The summed E-state index contributed by atoms with van der Waals surface area (Å²) >= 11 is 0. The molecule has 4 amide bonds. The van der Waals surface area contributed by atoms with Crippen molar-refractivity contribution < 1.29 is 28.7 Å². The van der Waals surface area contributed by atoms with Gasteiger partial charge < -0.3 is 14.8 Å². The predicted octanol–water partition coefficient (Wildman–Crippen LogP) is 4.16. The summed E-state index contributed by atoms with van der Waals surface area (Å²) in [6, 6.07) is 10.6. The van der Waals surface area contributed by atoms with Gasteiger partial charge in [-0.2, -0.15) is 0 Å². The first kappa shape index (κ1) is 24.4. The van der Waals surface area contributed by atoms with Crippen molar-refractivity contribution >= 4 is 35.4 Å². The molecule has 0 spiro atoms. The minimum Gasteiger partial charge on any atom is -0.452 e. The fraction of sp³-hybridized carbons (Fsp3) is 0.304. The summed E-state index contributed by atoms with van der Waals surface area (Å²) in [6.45, 7) is 8.37. The Labute approximate surface area is 186 Å². The van der Waals surface area contributed by atoms with Crippen LogP contribution in [0, 0.1) is 13.8 Å². The minimum absolute atomic E-state index is 0.173. The molecule has 0 fully saturated rings. The number of carbonyl (C=O) groups excluding carboxylic acids is 4. The highest BCUT2D eigenvalue weighted by atomic mass is 16.6. The average Bonchev–Trinajstić information content (AvgIpc) is 2.67. The second-order valence-electron chi connectivity index (χ2n) is 8.10. The summed E-state index contributed by atoms with van der Waals surface area (Å²) in [7, 11) is 0. The van der Waals surface area contributed by atoms with Crippen LogP contribution in [0.2, 0.25) is 0 Å². The van der Waals surface area contributed by atoms with Crippen molar-refractivity contribution in [2.75, 3.05) is 17.2 Å². The lowest BCUT2D eigenvalue weighted by Crippen LogP contribution is -2.37. The minimum atomic E-state index is -0.774. The standard InChI is InChI=1S/C23H27N3O6/c1-14-6-11-18(15(2)12-14)25-21(29)26-19(27)13-31-20(28)16-7-9-17(10-8-16)24-22(30)32-23(3,4)5/h6-12H,13H2,1-5H3,(H,24,30)(H2,25,26,27,29). The molecule has 0 saturated heterocycles. The van der Waals surface area contributed by atoms with Gasteiger partial charge >= 0.3 is 18.1 Å². The molecule has 9 nitrogen and oxygen atoms in total. The molecule has 2 rings (SSSR count). The van der Waals surface area contributed by atoms with E-state index in [0.717, 1.165) is 11.1 Å². The summed E-state index contributed by atoms with van der Waals surface area (Å²) in [5.74, 6) is -1.53. The molecule has 0 aliphatic heterocycles. The zero-order valence-electron chi connectivity index (χ0n) is 18.7. The van der Waals surface area contributed by atoms with Crippen LogP contribution in [0.25, 0.3) is 0 Å². The number of aryl methyl sites for hydroxylation is 2. The van der Waals surface area contributed by atoms with Gasteiger partial charge in [0.2, 0.25) is 0 Å². The summed E-state index contributed by atoms with van der Waals surface area (Å²) in [5.41, 5.74) is 2.43. The number of imide groups is 1. The van der Waals surface area contributed by atoms with E-state index in [4.69, 9.17) is 9.47 Å². The van der Waals surface area contributed by atoms with Crippen LogP contribution in [-0.2, 0) is 14.3 Å². The van der Waals surface area contributed by atoms with E-state index in [-0.39, 0.29) is 5.56 Å². The van der Waals surface area contributed by atoms with Crippen LogP contribution >= 0.6 is 0 Å². The summed E-state index contributed by atoms with van der Waals surface area (Å²) in [6.07, 6.45) is -0.622. The molecule has 0 heterocycles. The van der Waals surface area contributed by atoms with Crippen molar-refractivity contribution in [1.29, 1.82) is 0 Å². The fourth-order valence-corrected chi connectivity index (χ4v) is 2.60. The molecule has 0 aliphatic carbocycles. The molecule has 2 aromatic carbocycles. The molecule has 3 N–H and O–H groups in total. The summed E-state index contributed by atoms with van der Waals surface area (Å²) in [4.78, 5) is 47.7. The van der Waals surface area contributed by atoms with E-state index >= 15 is 0 Å². The van der Waals surface area contributed by atoms with E-state index in [2.05, 4.69) is 16.0 Å². The number of rotatable bonds is 5. The van der Waals surface area contributed by atoms with Gasteiger partial charge in [0.15, 0.2) is 6.61 Å². The topological polar surface area (TPSA) is 123 Å². The number of amides is 4. The number of ether oxygens (including phenoxy) is 2. The van der Waals surface area contributed by atoms with Gasteiger partial charge in [-0.05, 0) is 70.5 Å². The molecule has 0 aromatic heterocycles. The van der Waals surface area contributed by atoms with Crippen molar-refractivity contribution in [2.45, 2.75) is 40.2 Å². The van der Waals surface area contributed by atoms with Crippen molar-refractivity contribution in [3.8, 4) is 0 Å². The summed E-state index contributed by atoms with van der Waals surface area (Å²) < 4.78 is 10.1. The van der Waals surface area contributed by atoms with Crippen LogP contribution in [-0.4, -0.2) is 36.2 Å². The van der Waals surface area contributed by atoms with Crippen LogP contribution in [0.4, 0.5) is 21.0 Å². The lowest BCUT2D eigenvalue weighted by molar-refractivity contribution is -0.123. The van der Waals surface area contributed by atoms with Gasteiger partial charge in [0.1, 0.15) is 5.60 Å². The van der Waals surface area contributed by atoms with E-state index in [1.165, 1.54) is 24.3 Å². The Bertz CT molecular complexity index is 1010. The molecular weight excluding hydrogens is 414 g/mol. The third-order valence-electron chi connectivity index (χ3n) is 3.98. The molecule has 0 aliphatic rings. The van der Waals surface area contributed by atoms with Crippen LogP contribution in [0.3, 0.4) is 0 Å². The molecule has 2 aromatic rings. The lowest BCUT2D eigenvalue weighted by Gasteiger charge is -2.19. The normalized spacial score (nSPS) is 10.7. The maximum absolute atomic E-state index is 12.1. The maximum atomic E-state index is 12.1. The second kappa shape index (κ2) is 10.4. The Balaban J connectivity index is 1.80. The first-order valence-electron chi connectivity index (χ1n) is 9.88. The zero-order valence-corrected chi connectivity index (χ0v) is 18.7. The third-order valence-corrected chi connectivity index (χ3v) is 3.98. The van der Waals surface area contributed by atoms with Crippen LogP contribution in [0.5, 0.6) is 0 Å². The van der Waals surface area contributed by atoms with Gasteiger partial charge in [-0.15, -0.1) is 0 Å². The summed E-state index contributed by atoms with van der Waals surface area (Å²) in [5, 5.41) is 7.21. The fourth-order valence-electron chi connectivity index (χ4n) is 2.60. The Hall–Kier alpha value is -3.88. The first-order valence-corrected chi connectivity index (χ1v) is 9.88. The largest absolute Gasteiger partial charge is 0.452 e. The highest BCUT2D eigenvalue weighted by Gasteiger charge is 2.17. The Morgan fingerprint density at radius 1 is 0.906 bits per heavy atom. The molecule has 0 atom stereocenters. The maximum Gasteiger partial charge on any atom is 0.412 e. The third kappa shape index (κ3) is 8.10. The van der Waals surface area contributed by atoms with E-state index in [0.29, 0.717) is 11.4 Å². The smallest absolute Gasteiger partial charge is 0.412 e. The number of hydrogen-bond donors (Lipinski definition) is 3. The van der Waals surface area contributed by atoms with Crippen molar-refractivity contribution in [3.63, 3.8) is 0 Å². The molecule has 170 valence electrons. The predicted molar refractivity (Wildman–Crippen MR) is 120 cm³/mol. The van der Waals surface area contributed by atoms with Crippen molar-refractivity contribution in [2.24, 2.45) is 0 Å². The molecule has 32 heavy (non-hydrogen) atoms. The van der Waals surface area contributed by atoms with E-state index in [1.54, 1.807) is 26.8 Å². The highest BCUT2D eigenvalue weighted by Crippen LogP contribution is 2.16. The van der Waals surface area contributed by atoms with Gasteiger partial charge in [0.05, 0.1) is 5.56 Å². The van der Waals surface area contributed by atoms with Gasteiger partial charge in [-0.3, -0.25) is 15.4 Å². The first-order chi connectivity index (χ1) is 14.9. The molecule has 0 unspecified atom stereocenters. The average molecular weight is 441 g/mol. The number of urea groups is 1. The van der Waals surface area contributed by atoms with Crippen LogP contribution < -0.4 is 16.0 Å². The highest BCUT2D eigenvalue weighted by molar-refractivity contribution is 6.02. The van der Waals surface area contributed by atoms with Crippen LogP contribution in [0.15, 0.2) is 42.5 Å². The molecule has 9 heteroatoms. The van der Waals surface area contributed by atoms with Gasteiger partial charge in [-0.25, -0.2) is 14.4 Å². The number of carbonyl (C=O) groups is 4. The Kier molecular flexibility index (Phi) is 7.95. The molecule has 0 bridgehead atoms. The van der Waals surface area contributed by atoms with Gasteiger partial charge in [0.25, 0.3) is 5.91 Å². The van der Waals surface area contributed by atoms with Crippen LogP contribution in [0.1, 0.15) is 42.3 Å². The lowest BCUT2D eigenvalue weighted by atomic mass is 10.1. The van der Waals surface area contributed by atoms with E-state index in [1.807, 2.05) is 26.0 Å². The Morgan fingerprint density at radius 3 is 2.16 bits per heavy atom. The van der Waals surface area contributed by atoms with E-state index < -0.39 is 36.2 Å². The number of hydrogen-bond acceptors (Lipinski definition) is 6. The number of benzene rings is 2. The van der Waals surface area contributed by atoms with Crippen molar-refractivity contribution in [1.82, 2.24) is 5.32 Å². The second-order valence-corrected chi connectivity index (χ2v) is 8.10. The monoisotopic (exact) mass is 441 g/mol. The molecule has 0 radical (unpaired) electrons. The molecular formula is C23H27N3O6. The number of anilines is 2. The van der Waals surface area contributed by atoms with Crippen molar-refractivity contribution in [3.05, 3.63) is 59.2 Å².